The van der Waals surface area contributed by atoms with Crippen molar-refractivity contribution in [2.45, 2.75) is 18.4 Å². The van der Waals surface area contributed by atoms with Crippen molar-refractivity contribution in [1.82, 2.24) is 9.78 Å². The highest BCUT2D eigenvalue weighted by atomic mass is 35.7. The smallest absolute Gasteiger partial charge is 0.264 e. The minimum atomic E-state index is -3.74. The fraction of sp³-hybridized carbons (Fsp3) is 0.182. The summed E-state index contributed by atoms with van der Waals surface area (Å²) in [5.41, 5.74) is 1.49. The van der Waals surface area contributed by atoms with E-state index in [9.17, 15) is 8.42 Å². The molecule has 0 bridgehead atoms. The summed E-state index contributed by atoms with van der Waals surface area (Å²) in [5, 5.41) is 4.67. The molecule has 2 aromatic rings. The van der Waals surface area contributed by atoms with Gasteiger partial charge in [0.05, 0.1) is 18.4 Å². The molecule has 0 aliphatic carbocycles. The zero-order chi connectivity index (χ0) is 13.3. The van der Waals surface area contributed by atoms with Gasteiger partial charge in [-0.25, -0.2) is 8.42 Å². The van der Waals surface area contributed by atoms with Crippen LogP contribution in [0.15, 0.2) is 35.4 Å². The summed E-state index contributed by atoms with van der Waals surface area (Å²) >= 11 is 5.79. The third-order valence-electron chi connectivity index (χ3n) is 2.57. The molecular weight excluding hydrogens is 295 g/mol. The van der Waals surface area contributed by atoms with Gasteiger partial charge in [0.15, 0.2) is 0 Å². The molecule has 0 saturated heterocycles. The molecule has 0 fully saturated rings. The van der Waals surface area contributed by atoms with Crippen molar-refractivity contribution < 1.29 is 8.42 Å². The van der Waals surface area contributed by atoms with Crippen LogP contribution in [0, 0.1) is 6.92 Å². The molecule has 1 heterocycles. The van der Waals surface area contributed by atoms with E-state index >= 15 is 0 Å². The number of rotatable bonds is 3. The summed E-state index contributed by atoms with van der Waals surface area (Å²) < 4.78 is 24.1. The molecular formula is C11H10Cl2N2O2S. The van der Waals surface area contributed by atoms with Crippen molar-refractivity contribution >= 4 is 31.3 Å². The third kappa shape index (κ3) is 2.85. The average Bonchev–Trinajstić information content (AvgIpc) is 2.63. The first kappa shape index (κ1) is 13.4. The fourth-order valence-corrected chi connectivity index (χ4v) is 2.80. The number of hydrogen-bond donors (Lipinski definition) is 0. The molecule has 0 atom stereocenters. The van der Waals surface area contributed by atoms with Crippen molar-refractivity contribution in [1.29, 1.82) is 0 Å². The lowest BCUT2D eigenvalue weighted by Crippen LogP contribution is -2.04. The van der Waals surface area contributed by atoms with E-state index in [0.29, 0.717) is 17.3 Å². The maximum absolute atomic E-state index is 11.3. The van der Waals surface area contributed by atoms with Gasteiger partial charge in [0.2, 0.25) is 0 Å². The number of nitrogens with zero attached hydrogens (tertiary/aromatic N) is 2. The van der Waals surface area contributed by atoms with Crippen LogP contribution in [0.3, 0.4) is 0 Å². The first-order valence-electron chi connectivity index (χ1n) is 5.09. The van der Waals surface area contributed by atoms with Gasteiger partial charge in [-0.1, -0.05) is 23.7 Å². The van der Waals surface area contributed by atoms with Crippen LogP contribution < -0.4 is 0 Å². The molecule has 0 unspecified atom stereocenters. The summed E-state index contributed by atoms with van der Waals surface area (Å²) in [6.45, 7) is 2.13. The second-order valence-electron chi connectivity index (χ2n) is 3.82. The van der Waals surface area contributed by atoms with Gasteiger partial charge in [0, 0.05) is 15.7 Å². The van der Waals surface area contributed by atoms with E-state index in [1.807, 2.05) is 12.1 Å². The van der Waals surface area contributed by atoms with Gasteiger partial charge in [-0.15, -0.1) is 0 Å². The highest BCUT2D eigenvalue weighted by Crippen LogP contribution is 2.19. The number of hydrogen-bond acceptors (Lipinski definition) is 3. The molecule has 0 aliphatic rings. The highest BCUT2D eigenvalue weighted by molar-refractivity contribution is 8.13. The maximum atomic E-state index is 11.3. The van der Waals surface area contributed by atoms with Gasteiger partial charge in [0.25, 0.3) is 9.05 Å². The molecule has 2 rings (SSSR count). The minimum Gasteiger partial charge on any atom is -0.264 e. The Morgan fingerprint density at radius 3 is 2.39 bits per heavy atom. The standard InChI is InChI=1S/C11H10Cl2N2O2S/c1-8-11(18(13,16)17)6-14-15(8)7-9-2-4-10(12)5-3-9/h2-6H,7H2,1H3. The van der Waals surface area contributed by atoms with E-state index < -0.39 is 9.05 Å². The predicted molar refractivity (Wildman–Crippen MR) is 70.6 cm³/mol. The summed E-state index contributed by atoms with van der Waals surface area (Å²) in [4.78, 5) is 0.0399. The Balaban J connectivity index is 2.31. The lowest BCUT2D eigenvalue weighted by atomic mass is 10.2. The van der Waals surface area contributed by atoms with Crippen molar-refractivity contribution in [2.75, 3.05) is 0 Å². The van der Waals surface area contributed by atoms with Crippen molar-refractivity contribution in [3.8, 4) is 0 Å². The van der Waals surface area contributed by atoms with Crippen LogP contribution in [0.2, 0.25) is 5.02 Å². The summed E-state index contributed by atoms with van der Waals surface area (Å²) in [6.07, 6.45) is 1.26. The van der Waals surface area contributed by atoms with E-state index in [4.69, 9.17) is 22.3 Å². The van der Waals surface area contributed by atoms with Gasteiger partial charge < -0.3 is 0 Å². The zero-order valence-electron chi connectivity index (χ0n) is 9.47. The predicted octanol–water partition coefficient (Wildman–Crippen LogP) is 2.82. The van der Waals surface area contributed by atoms with Crippen LogP contribution in [0.4, 0.5) is 0 Å². The molecule has 0 N–H and O–H groups in total. The Kier molecular flexibility index (Phi) is 3.66. The van der Waals surface area contributed by atoms with Crippen LogP contribution in [-0.2, 0) is 15.6 Å². The molecule has 4 nitrogen and oxygen atoms in total. The van der Waals surface area contributed by atoms with Crippen molar-refractivity contribution in [2.24, 2.45) is 0 Å². The normalized spacial score (nSPS) is 11.7. The molecule has 0 amide bonds. The van der Waals surface area contributed by atoms with Crippen LogP contribution in [-0.4, -0.2) is 18.2 Å². The second-order valence-corrected chi connectivity index (χ2v) is 6.79. The average molecular weight is 305 g/mol. The Bertz CT molecular complexity index is 663. The van der Waals surface area contributed by atoms with Crippen LogP contribution in [0.5, 0.6) is 0 Å². The molecule has 96 valence electrons. The topological polar surface area (TPSA) is 52.0 Å². The molecule has 0 saturated carbocycles. The molecule has 0 aliphatic heterocycles. The molecule has 18 heavy (non-hydrogen) atoms. The Hall–Kier alpha value is -1.04. The summed E-state index contributed by atoms with van der Waals surface area (Å²) in [5.74, 6) is 0. The third-order valence-corrected chi connectivity index (χ3v) is 4.24. The van der Waals surface area contributed by atoms with Crippen LogP contribution in [0.1, 0.15) is 11.3 Å². The molecule has 0 spiro atoms. The number of aromatic nitrogens is 2. The maximum Gasteiger partial charge on any atom is 0.264 e. The molecule has 7 heteroatoms. The highest BCUT2D eigenvalue weighted by Gasteiger charge is 2.17. The van der Waals surface area contributed by atoms with E-state index in [2.05, 4.69) is 5.10 Å². The van der Waals surface area contributed by atoms with E-state index in [-0.39, 0.29) is 4.90 Å². The van der Waals surface area contributed by atoms with Gasteiger partial charge in [-0.05, 0) is 24.6 Å². The summed E-state index contributed by atoms with van der Waals surface area (Å²) in [7, 11) is 1.56. The van der Waals surface area contributed by atoms with Crippen molar-refractivity contribution in [3.63, 3.8) is 0 Å². The largest absolute Gasteiger partial charge is 0.264 e. The van der Waals surface area contributed by atoms with Crippen molar-refractivity contribution in [3.05, 3.63) is 46.7 Å². The Morgan fingerprint density at radius 1 is 1.28 bits per heavy atom. The van der Waals surface area contributed by atoms with Gasteiger partial charge in [-0.3, -0.25) is 4.68 Å². The Morgan fingerprint density at radius 2 is 1.89 bits per heavy atom. The summed E-state index contributed by atoms with van der Waals surface area (Å²) in [6, 6.07) is 7.26. The minimum absolute atomic E-state index is 0.0399. The van der Waals surface area contributed by atoms with Gasteiger partial charge in [-0.2, -0.15) is 5.10 Å². The quantitative estimate of drug-likeness (QED) is 0.819. The van der Waals surface area contributed by atoms with Crippen LogP contribution in [0.25, 0.3) is 0 Å². The molecule has 0 radical (unpaired) electrons. The second kappa shape index (κ2) is 4.91. The first-order chi connectivity index (χ1) is 8.38. The van der Waals surface area contributed by atoms with Gasteiger partial charge in [0.1, 0.15) is 4.90 Å². The van der Waals surface area contributed by atoms with E-state index in [1.165, 1.54) is 6.20 Å². The van der Waals surface area contributed by atoms with Gasteiger partial charge >= 0.3 is 0 Å². The lowest BCUT2D eigenvalue weighted by Gasteiger charge is -2.05. The molecule has 1 aromatic heterocycles. The number of benzene rings is 1. The fourth-order valence-electron chi connectivity index (χ4n) is 1.59. The SMILES string of the molecule is Cc1c(S(=O)(=O)Cl)cnn1Cc1ccc(Cl)cc1. The van der Waals surface area contributed by atoms with E-state index in [1.54, 1.807) is 23.7 Å². The first-order valence-corrected chi connectivity index (χ1v) is 7.78. The number of halogens is 2. The Labute approximate surface area is 115 Å². The monoisotopic (exact) mass is 304 g/mol. The zero-order valence-corrected chi connectivity index (χ0v) is 11.8. The molecule has 1 aromatic carbocycles. The van der Waals surface area contributed by atoms with Crippen LogP contribution >= 0.6 is 22.3 Å². The lowest BCUT2D eigenvalue weighted by molar-refractivity contribution is 0.607. The van der Waals surface area contributed by atoms with E-state index in [0.717, 1.165) is 5.56 Å².